The second-order valence-electron chi connectivity index (χ2n) is 4.28. The molecule has 0 saturated heterocycles. The van der Waals surface area contributed by atoms with Crippen LogP contribution in [-0.4, -0.2) is 10.7 Å². The van der Waals surface area contributed by atoms with Gasteiger partial charge in [-0.25, -0.2) is 4.39 Å². The molecular formula is C12H15FO2S. The van der Waals surface area contributed by atoms with Crippen LogP contribution in [0.4, 0.5) is 4.39 Å². The van der Waals surface area contributed by atoms with Gasteiger partial charge in [-0.3, -0.25) is 4.79 Å². The fourth-order valence-corrected chi connectivity index (χ4v) is 1.32. The smallest absolute Gasteiger partial charge is 0.307 e. The molecule has 0 fully saturated rings. The lowest BCUT2D eigenvalue weighted by Gasteiger charge is -2.15. The topological polar surface area (TPSA) is 26.3 Å². The molecule has 0 aromatic heterocycles. The van der Waals surface area contributed by atoms with Gasteiger partial charge in [0.25, 0.3) is 0 Å². The van der Waals surface area contributed by atoms with Gasteiger partial charge in [-0.05, 0) is 17.7 Å². The molecule has 16 heavy (non-hydrogen) atoms. The Morgan fingerprint density at radius 2 is 2.19 bits per heavy atom. The number of benzene rings is 1. The zero-order valence-electron chi connectivity index (χ0n) is 9.37. The second kappa shape index (κ2) is 5.34. The van der Waals surface area contributed by atoms with Crippen LogP contribution in [0.2, 0.25) is 0 Å². The number of halogens is 1. The van der Waals surface area contributed by atoms with Crippen LogP contribution in [0.5, 0.6) is 0 Å². The van der Waals surface area contributed by atoms with E-state index in [1.54, 1.807) is 12.1 Å². The summed E-state index contributed by atoms with van der Waals surface area (Å²) >= 11 is 4.23. The molecule has 0 amide bonds. The lowest BCUT2D eigenvalue weighted by atomic mass is 10.1. The summed E-state index contributed by atoms with van der Waals surface area (Å²) in [5.74, 6) is -0.660. The van der Waals surface area contributed by atoms with Gasteiger partial charge in [0.05, 0.1) is 6.42 Å². The summed E-state index contributed by atoms with van der Waals surface area (Å²) in [6.45, 7) is 3.76. The van der Waals surface area contributed by atoms with E-state index in [2.05, 4.69) is 12.6 Å². The molecule has 0 atom stereocenters. The Kier molecular flexibility index (Phi) is 4.35. The Labute approximate surface area is 100 Å². The maximum absolute atomic E-state index is 12.8. The molecule has 0 saturated carbocycles. The van der Waals surface area contributed by atoms with E-state index in [-0.39, 0.29) is 29.6 Å². The summed E-state index contributed by atoms with van der Waals surface area (Å²) in [6.07, 6.45) is 0.228. The normalized spacial score (nSPS) is 11.2. The summed E-state index contributed by atoms with van der Waals surface area (Å²) in [7, 11) is 0. The highest BCUT2D eigenvalue weighted by Gasteiger charge is 2.17. The zero-order chi connectivity index (χ0) is 12.2. The van der Waals surface area contributed by atoms with Gasteiger partial charge in [0.2, 0.25) is 0 Å². The van der Waals surface area contributed by atoms with E-state index in [4.69, 9.17) is 4.74 Å². The predicted octanol–water partition coefficient (Wildman–Crippen LogP) is 2.97. The van der Waals surface area contributed by atoms with Crippen LogP contribution in [0.1, 0.15) is 25.8 Å². The summed E-state index contributed by atoms with van der Waals surface area (Å²) in [5, 5.41) is 0. The highest BCUT2D eigenvalue weighted by Crippen LogP contribution is 2.17. The Hall–Kier alpha value is -1.03. The number of thiol groups is 1. The molecule has 88 valence electrons. The molecule has 0 radical (unpaired) electrons. The lowest BCUT2D eigenvalue weighted by molar-refractivity contribution is -0.145. The van der Waals surface area contributed by atoms with Crippen LogP contribution < -0.4 is 0 Å². The van der Waals surface area contributed by atoms with E-state index in [1.807, 2.05) is 13.8 Å². The van der Waals surface area contributed by atoms with Crippen molar-refractivity contribution in [3.63, 3.8) is 0 Å². The maximum atomic E-state index is 12.8. The molecule has 1 aromatic rings. The maximum Gasteiger partial charge on any atom is 0.307 e. The predicted molar refractivity (Wildman–Crippen MR) is 63.9 cm³/mol. The molecule has 2 nitrogen and oxygen atoms in total. The fraction of sp³-hybridized carbons (Fsp3) is 0.417. The van der Waals surface area contributed by atoms with Gasteiger partial charge in [-0.2, -0.15) is 12.6 Å². The number of hydrogen-bond donors (Lipinski definition) is 1. The number of carbonyl (C=O) groups is 1. The molecule has 0 aliphatic carbocycles. The van der Waals surface area contributed by atoms with Crippen molar-refractivity contribution in [2.24, 2.45) is 0 Å². The first kappa shape index (κ1) is 13.0. The van der Waals surface area contributed by atoms with Crippen molar-refractivity contribution in [2.75, 3.05) is 0 Å². The molecule has 1 aromatic carbocycles. The van der Waals surface area contributed by atoms with E-state index in [1.165, 1.54) is 12.1 Å². The Morgan fingerprint density at radius 1 is 1.50 bits per heavy atom. The van der Waals surface area contributed by atoms with Crippen LogP contribution in [0.15, 0.2) is 24.3 Å². The van der Waals surface area contributed by atoms with Crippen molar-refractivity contribution in [3.05, 3.63) is 35.6 Å². The van der Waals surface area contributed by atoms with Crippen molar-refractivity contribution in [1.29, 1.82) is 0 Å². The van der Waals surface area contributed by atoms with Gasteiger partial charge in [0.15, 0.2) is 0 Å². The van der Waals surface area contributed by atoms with Crippen LogP contribution in [0, 0.1) is 5.82 Å². The number of ether oxygens (including phenoxy) is 1. The number of hydrogen-bond acceptors (Lipinski definition) is 3. The van der Waals surface area contributed by atoms with Crippen molar-refractivity contribution >= 4 is 18.6 Å². The summed E-state index contributed by atoms with van der Waals surface area (Å²) in [4.78, 5) is 11.4. The quantitative estimate of drug-likeness (QED) is 0.649. The average Bonchev–Trinajstić information content (AvgIpc) is 2.12. The minimum Gasteiger partial charge on any atom is -0.461 e. The van der Waals surface area contributed by atoms with E-state index in [0.29, 0.717) is 5.56 Å². The molecule has 0 N–H and O–H groups in total. The average molecular weight is 242 g/mol. The Balaban J connectivity index is 2.43. The van der Waals surface area contributed by atoms with Crippen LogP contribution in [0.3, 0.4) is 0 Å². The van der Waals surface area contributed by atoms with Gasteiger partial charge in [-0.1, -0.05) is 26.0 Å². The molecule has 0 heterocycles. The number of esters is 1. The minimum atomic E-state index is -0.390. The molecule has 0 spiro atoms. The van der Waals surface area contributed by atoms with Crippen LogP contribution in [0.25, 0.3) is 0 Å². The largest absolute Gasteiger partial charge is 0.461 e. The SMILES string of the molecule is CC(C)(S)CC(=O)OCc1cccc(F)c1. The van der Waals surface area contributed by atoms with Gasteiger partial charge in [0, 0.05) is 4.75 Å². The lowest BCUT2D eigenvalue weighted by Crippen LogP contribution is -2.18. The summed E-state index contributed by atoms with van der Waals surface area (Å²) in [6, 6.07) is 5.99. The molecule has 1 rings (SSSR count). The molecule has 4 heteroatoms. The number of rotatable bonds is 4. The molecule has 0 bridgehead atoms. The zero-order valence-corrected chi connectivity index (χ0v) is 10.3. The third-order valence-electron chi connectivity index (χ3n) is 1.87. The fourth-order valence-electron chi connectivity index (χ4n) is 1.19. The minimum absolute atomic E-state index is 0.0977. The standard InChI is InChI=1S/C12H15FO2S/c1-12(2,16)7-11(14)15-8-9-4-3-5-10(13)6-9/h3-6,16H,7-8H2,1-2H3. The van der Waals surface area contributed by atoms with E-state index in [9.17, 15) is 9.18 Å². The first-order chi connectivity index (χ1) is 7.37. The van der Waals surface area contributed by atoms with E-state index in [0.717, 1.165) is 0 Å². The highest BCUT2D eigenvalue weighted by molar-refractivity contribution is 7.81. The number of carbonyl (C=O) groups excluding carboxylic acids is 1. The molecule has 0 aliphatic heterocycles. The molecular weight excluding hydrogens is 227 g/mol. The van der Waals surface area contributed by atoms with Crippen molar-refractivity contribution in [2.45, 2.75) is 31.6 Å². The van der Waals surface area contributed by atoms with Crippen molar-refractivity contribution < 1.29 is 13.9 Å². The Bertz CT molecular complexity index is 372. The summed E-state index contributed by atoms with van der Waals surface area (Å²) < 4.78 is 17.4. The Morgan fingerprint density at radius 3 is 2.75 bits per heavy atom. The van der Waals surface area contributed by atoms with Crippen LogP contribution in [-0.2, 0) is 16.1 Å². The molecule has 0 aliphatic rings. The van der Waals surface area contributed by atoms with Crippen molar-refractivity contribution in [1.82, 2.24) is 0 Å². The van der Waals surface area contributed by atoms with Gasteiger partial charge < -0.3 is 4.74 Å². The highest BCUT2D eigenvalue weighted by atomic mass is 32.1. The van der Waals surface area contributed by atoms with Gasteiger partial charge in [-0.15, -0.1) is 0 Å². The first-order valence-corrected chi connectivity index (χ1v) is 5.44. The van der Waals surface area contributed by atoms with Crippen LogP contribution >= 0.6 is 12.6 Å². The van der Waals surface area contributed by atoms with E-state index < -0.39 is 0 Å². The third kappa shape index (κ3) is 5.16. The van der Waals surface area contributed by atoms with Gasteiger partial charge in [0.1, 0.15) is 12.4 Å². The monoisotopic (exact) mass is 242 g/mol. The second-order valence-corrected chi connectivity index (χ2v) is 5.49. The third-order valence-corrected chi connectivity index (χ3v) is 2.02. The summed E-state index contributed by atoms with van der Waals surface area (Å²) in [5.41, 5.74) is 0.644. The van der Waals surface area contributed by atoms with Gasteiger partial charge >= 0.3 is 5.97 Å². The van der Waals surface area contributed by atoms with E-state index >= 15 is 0 Å². The first-order valence-electron chi connectivity index (χ1n) is 4.99. The van der Waals surface area contributed by atoms with Crippen molar-refractivity contribution in [3.8, 4) is 0 Å². The molecule has 0 unspecified atom stereocenters.